The molecule has 2 aromatic carbocycles. The summed E-state index contributed by atoms with van der Waals surface area (Å²) in [6, 6.07) is 13.6. The van der Waals surface area contributed by atoms with Crippen molar-refractivity contribution < 1.29 is 15.3 Å². The van der Waals surface area contributed by atoms with E-state index < -0.39 is 6.10 Å². The minimum Gasteiger partial charge on any atom is -0.872 e. The molecule has 0 aliphatic rings. The van der Waals surface area contributed by atoms with E-state index in [-0.39, 0.29) is 34.3 Å². The molecule has 0 heterocycles. The number of rotatable bonds is 6. The van der Waals surface area contributed by atoms with Gasteiger partial charge in [0.15, 0.2) is 0 Å². The average molecular weight is 394 g/mol. The Morgan fingerprint density at radius 2 is 1.14 bits per heavy atom. The van der Waals surface area contributed by atoms with E-state index in [9.17, 15) is 15.3 Å². The predicted octanol–water partition coefficient (Wildman–Crippen LogP) is 1.77. The third kappa shape index (κ3) is 10.9. The SMILES string of the molecule is CC(C)(CN=Cc1ccccc1[O-])CN=Cc1ccccc1[O-].CC(C)[O-].[Al+3]. The molecular weight excluding hydrogens is 367 g/mol. The van der Waals surface area contributed by atoms with Crippen molar-refractivity contribution in [3.63, 3.8) is 0 Å². The molecule has 28 heavy (non-hydrogen) atoms. The van der Waals surface area contributed by atoms with Gasteiger partial charge in [0.1, 0.15) is 0 Å². The predicted molar refractivity (Wildman–Crippen MR) is 111 cm³/mol. The molecule has 0 fully saturated rings. The maximum atomic E-state index is 11.6. The van der Waals surface area contributed by atoms with Crippen LogP contribution >= 0.6 is 0 Å². The van der Waals surface area contributed by atoms with Gasteiger partial charge in [-0.25, -0.2) is 0 Å². The van der Waals surface area contributed by atoms with E-state index in [2.05, 4.69) is 9.98 Å². The molecule has 0 aromatic heterocycles. The fourth-order valence-electron chi connectivity index (χ4n) is 2.01. The smallest absolute Gasteiger partial charge is 0.872 e. The molecule has 146 valence electrons. The van der Waals surface area contributed by atoms with Gasteiger partial charge in [-0.3, -0.25) is 9.98 Å². The summed E-state index contributed by atoms with van der Waals surface area (Å²) in [5.41, 5.74) is 1.03. The van der Waals surface area contributed by atoms with E-state index in [1.54, 1.807) is 50.5 Å². The van der Waals surface area contributed by atoms with Crippen molar-refractivity contribution in [2.45, 2.75) is 33.8 Å². The first kappa shape index (κ1) is 25.9. The minimum atomic E-state index is -0.417. The van der Waals surface area contributed by atoms with E-state index in [0.717, 1.165) is 0 Å². The Morgan fingerprint density at radius 3 is 1.46 bits per heavy atom. The van der Waals surface area contributed by atoms with Crippen LogP contribution in [0, 0.1) is 5.41 Å². The van der Waals surface area contributed by atoms with E-state index in [4.69, 9.17) is 0 Å². The van der Waals surface area contributed by atoms with Gasteiger partial charge in [-0.05, 0) is 11.1 Å². The molecule has 0 aliphatic carbocycles. The second kappa shape index (κ2) is 13.1. The Balaban J connectivity index is 0.00000133. The van der Waals surface area contributed by atoms with Crippen LogP contribution in [-0.2, 0) is 0 Å². The number of nitrogens with zero attached hydrogens (tertiary/aromatic N) is 2. The van der Waals surface area contributed by atoms with E-state index in [1.165, 1.54) is 12.1 Å². The molecule has 0 saturated carbocycles. The summed E-state index contributed by atoms with van der Waals surface area (Å²) < 4.78 is 0. The summed E-state index contributed by atoms with van der Waals surface area (Å²) >= 11 is 0. The molecule has 0 saturated heterocycles. The van der Waals surface area contributed by atoms with Gasteiger partial charge in [0.25, 0.3) is 0 Å². The molecule has 2 rings (SSSR count). The van der Waals surface area contributed by atoms with Gasteiger partial charge in [0.2, 0.25) is 0 Å². The van der Waals surface area contributed by atoms with Gasteiger partial charge >= 0.3 is 17.4 Å². The number of benzene rings is 2. The summed E-state index contributed by atoms with van der Waals surface area (Å²) in [6.45, 7) is 8.43. The zero-order valence-corrected chi connectivity index (χ0v) is 18.1. The van der Waals surface area contributed by atoms with Crippen molar-refractivity contribution in [2.75, 3.05) is 13.1 Å². The topological polar surface area (TPSA) is 93.9 Å². The quantitative estimate of drug-likeness (QED) is 0.552. The van der Waals surface area contributed by atoms with Crippen LogP contribution in [0.15, 0.2) is 58.5 Å². The Kier molecular flexibility index (Phi) is 12.1. The Bertz CT molecular complexity index is 697. The van der Waals surface area contributed by atoms with Crippen LogP contribution in [0.4, 0.5) is 0 Å². The van der Waals surface area contributed by atoms with Crippen molar-refractivity contribution in [3.05, 3.63) is 59.7 Å². The Morgan fingerprint density at radius 1 is 0.821 bits per heavy atom. The van der Waals surface area contributed by atoms with Gasteiger partial charge in [-0.2, -0.15) is 0 Å². The molecule has 5 nitrogen and oxygen atoms in total. The van der Waals surface area contributed by atoms with Gasteiger partial charge in [0, 0.05) is 30.9 Å². The van der Waals surface area contributed by atoms with Crippen LogP contribution in [0.3, 0.4) is 0 Å². The monoisotopic (exact) mass is 394 g/mol. The molecule has 0 spiro atoms. The Hall–Kier alpha value is -2.13. The van der Waals surface area contributed by atoms with Gasteiger partial charge in [-0.1, -0.05) is 76.2 Å². The standard InChI is InChI=1S/C19H22N2O2.C3H7O.Al/c1-19(2,13-20-11-15-7-3-5-9-17(15)22)14-21-12-16-8-4-6-10-18(16)23;1-3(2)4;/h3-12,22-23H,13-14H2,1-2H3;3H,1-2H3;/q;-1;+3/p-2. The third-order valence-electron chi connectivity index (χ3n) is 3.34. The third-order valence-corrected chi connectivity index (χ3v) is 3.34. The van der Waals surface area contributed by atoms with Crippen molar-refractivity contribution >= 4 is 29.8 Å². The van der Waals surface area contributed by atoms with Crippen molar-refractivity contribution in [1.29, 1.82) is 0 Å². The fraction of sp³-hybridized carbons (Fsp3) is 0.364. The molecule has 0 unspecified atom stereocenters. The Labute approximate surface area is 178 Å². The first-order valence-electron chi connectivity index (χ1n) is 8.89. The maximum Gasteiger partial charge on any atom is 3.00 e. The molecular formula is C22H27AlN2O3. The molecule has 0 N–H and O–H groups in total. The van der Waals surface area contributed by atoms with Gasteiger partial charge in [0.05, 0.1) is 0 Å². The van der Waals surface area contributed by atoms with Crippen LogP contribution in [0.1, 0.15) is 38.8 Å². The molecule has 6 heteroatoms. The van der Waals surface area contributed by atoms with Crippen LogP contribution in [0.2, 0.25) is 0 Å². The first-order chi connectivity index (χ1) is 12.7. The largest absolute Gasteiger partial charge is 3.00 e. The summed E-state index contributed by atoms with van der Waals surface area (Å²) in [6.07, 6.45) is 2.81. The van der Waals surface area contributed by atoms with Crippen LogP contribution in [0.25, 0.3) is 0 Å². The number of aliphatic imine (C=N–C) groups is 2. The summed E-state index contributed by atoms with van der Waals surface area (Å²) in [7, 11) is 0. The average Bonchev–Trinajstić information content (AvgIpc) is 2.58. The van der Waals surface area contributed by atoms with Gasteiger partial charge < -0.3 is 15.3 Å². The maximum absolute atomic E-state index is 11.6. The number of hydrogen-bond donors (Lipinski definition) is 0. The number of para-hydroxylation sites is 2. The van der Waals surface area contributed by atoms with Crippen LogP contribution in [0.5, 0.6) is 11.5 Å². The summed E-state index contributed by atoms with van der Waals surface area (Å²) in [4.78, 5) is 8.71. The van der Waals surface area contributed by atoms with E-state index >= 15 is 0 Å². The second-order valence-electron chi connectivity index (χ2n) is 7.23. The zero-order valence-electron chi connectivity index (χ0n) is 17.0. The minimum absolute atomic E-state index is 0. The molecule has 0 bridgehead atoms. The second-order valence-corrected chi connectivity index (χ2v) is 7.23. The molecule has 2 aromatic rings. The fourth-order valence-corrected chi connectivity index (χ4v) is 2.01. The molecule has 0 aliphatic heterocycles. The van der Waals surface area contributed by atoms with Crippen molar-refractivity contribution in [1.82, 2.24) is 0 Å². The van der Waals surface area contributed by atoms with E-state index in [0.29, 0.717) is 24.2 Å². The molecule has 0 radical (unpaired) electrons. The first-order valence-corrected chi connectivity index (χ1v) is 8.89. The number of hydrogen-bond acceptors (Lipinski definition) is 5. The van der Waals surface area contributed by atoms with Crippen LogP contribution < -0.4 is 15.3 Å². The van der Waals surface area contributed by atoms with E-state index in [1.807, 2.05) is 26.0 Å². The molecule has 0 amide bonds. The normalized spacial score (nSPS) is 11.4. The van der Waals surface area contributed by atoms with Crippen molar-refractivity contribution in [2.24, 2.45) is 15.4 Å². The summed E-state index contributed by atoms with van der Waals surface area (Å²) in [5, 5.41) is 32.7. The van der Waals surface area contributed by atoms with Crippen LogP contribution in [-0.4, -0.2) is 49.0 Å². The van der Waals surface area contributed by atoms with Gasteiger partial charge in [-0.15, -0.1) is 17.6 Å². The zero-order chi connectivity index (χ0) is 20.3. The summed E-state index contributed by atoms with van der Waals surface area (Å²) in [5.74, 6) is -0.0572. The van der Waals surface area contributed by atoms with Crippen molar-refractivity contribution in [3.8, 4) is 11.5 Å². The molecule has 0 atom stereocenters.